The molecule has 0 saturated carbocycles. The van der Waals surface area contributed by atoms with Gasteiger partial charge in [-0.3, -0.25) is 0 Å². The molecule has 5 heteroatoms. The van der Waals surface area contributed by atoms with Gasteiger partial charge in [0.15, 0.2) is 0 Å². The summed E-state index contributed by atoms with van der Waals surface area (Å²) < 4.78 is 10.6. The number of aryl methyl sites for hydroxylation is 3. The lowest BCUT2D eigenvalue weighted by Crippen LogP contribution is -2.29. The summed E-state index contributed by atoms with van der Waals surface area (Å²) in [5, 5.41) is 4.17. The fraction of sp³-hybridized carbons (Fsp3) is 0.636. The van der Waals surface area contributed by atoms with Crippen molar-refractivity contribution in [2.45, 2.75) is 67.2 Å². The van der Waals surface area contributed by atoms with Crippen LogP contribution in [0.15, 0.2) is 17.3 Å². The van der Waals surface area contributed by atoms with Gasteiger partial charge in [0.2, 0.25) is 6.61 Å². The minimum Gasteiger partial charge on any atom is -0.493 e. The highest BCUT2D eigenvalue weighted by Gasteiger charge is 2.30. The Hall–Kier alpha value is -2.04. The first kappa shape index (κ1) is 23.0. The zero-order chi connectivity index (χ0) is 20.4. The Bertz CT molecular complexity index is 648. The lowest BCUT2D eigenvalue weighted by atomic mass is 9.74. The molecule has 0 aromatic heterocycles. The van der Waals surface area contributed by atoms with Crippen LogP contribution in [0, 0.1) is 26.2 Å². The van der Waals surface area contributed by atoms with E-state index in [1.165, 1.54) is 23.8 Å². The van der Waals surface area contributed by atoms with Crippen molar-refractivity contribution >= 4 is 11.7 Å². The summed E-state index contributed by atoms with van der Waals surface area (Å²) >= 11 is 0. The van der Waals surface area contributed by atoms with Crippen molar-refractivity contribution in [3.8, 4) is 5.75 Å². The van der Waals surface area contributed by atoms with Crippen molar-refractivity contribution in [1.29, 1.82) is 0 Å². The molecule has 0 N–H and O–H groups in total. The van der Waals surface area contributed by atoms with Crippen molar-refractivity contribution in [3.63, 3.8) is 0 Å². The highest BCUT2D eigenvalue weighted by atomic mass is 16.6. The molecule has 27 heavy (non-hydrogen) atoms. The van der Waals surface area contributed by atoms with E-state index < -0.39 is 5.97 Å². The van der Waals surface area contributed by atoms with Crippen LogP contribution in [0.5, 0.6) is 5.75 Å². The third kappa shape index (κ3) is 6.56. The van der Waals surface area contributed by atoms with Gasteiger partial charge < -0.3 is 14.3 Å². The number of methoxy groups -OCH3 is 1. The normalized spacial score (nSPS) is 12.0. The van der Waals surface area contributed by atoms with Gasteiger partial charge in [0.05, 0.1) is 19.4 Å². The van der Waals surface area contributed by atoms with Gasteiger partial charge >= 0.3 is 5.97 Å². The van der Waals surface area contributed by atoms with E-state index in [-0.39, 0.29) is 12.0 Å². The predicted molar refractivity (Wildman–Crippen MR) is 109 cm³/mol. The van der Waals surface area contributed by atoms with E-state index in [4.69, 9.17) is 9.57 Å². The maximum atomic E-state index is 11.2. The fourth-order valence-corrected chi connectivity index (χ4v) is 3.32. The van der Waals surface area contributed by atoms with Crippen LogP contribution in [-0.4, -0.2) is 32.0 Å². The Morgan fingerprint density at radius 3 is 2.30 bits per heavy atom. The van der Waals surface area contributed by atoms with Crippen molar-refractivity contribution in [2.24, 2.45) is 10.6 Å². The molecule has 1 rings (SSSR count). The summed E-state index contributed by atoms with van der Waals surface area (Å²) in [6, 6.07) is 4.29. The van der Waals surface area contributed by atoms with Crippen molar-refractivity contribution < 1.29 is 19.1 Å². The molecule has 0 saturated heterocycles. The zero-order valence-corrected chi connectivity index (χ0v) is 18.0. The SMILES string of the molecule is CCC(CC)(CCCOc1cc(C)c(C)cc1C)/C(C)=N/OCC(=O)OC. The molecule has 0 radical (unpaired) electrons. The molecule has 0 aliphatic carbocycles. The summed E-state index contributed by atoms with van der Waals surface area (Å²) in [6.07, 6.45) is 3.81. The molecule has 152 valence electrons. The van der Waals surface area contributed by atoms with E-state index in [1.54, 1.807) is 0 Å². The van der Waals surface area contributed by atoms with Gasteiger partial charge in [-0.1, -0.05) is 25.1 Å². The number of ether oxygens (including phenoxy) is 2. The van der Waals surface area contributed by atoms with Gasteiger partial charge in [0, 0.05) is 5.41 Å². The Morgan fingerprint density at radius 1 is 1.07 bits per heavy atom. The Balaban J connectivity index is 2.65. The summed E-state index contributed by atoms with van der Waals surface area (Å²) in [6.45, 7) is 13.1. The number of esters is 1. The van der Waals surface area contributed by atoms with E-state index in [9.17, 15) is 4.79 Å². The number of rotatable bonds is 11. The van der Waals surface area contributed by atoms with Gasteiger partial charge in [0.25, 0.3) is 0 Å². The van der Waals surface area contributed by atoms with E-state index in [0.29, 0.717) is 6.61 Å². The van der Waals surface area contributed by atoms with Crippen LogP contribution >= 0.6 is 0 Å². The first-order chi connectivity index (χ1) is 12.8. The smallest absolute Gasteiger partial charge is 0.346 e. The topological polar surface area (TPSA) is 57.1 Å². The standard InChI is InChI=1S/C22H35NO4/c1-8-22(9-2,19(6)23-27-15-21(24)25-7)11-10-12-26-20-14-17(4)16(3)13-18(20)5/h13-14H,8-12,15H2,1-7H3/b23-19+. The van der Waals surface area contributed by atoms with Gasteiger partial charge in [0.1, 0.15) is 5.75 Å². The third-order valence-electron chi connectivity index (χ3n) is 5.58. The Kier molecular flexibility index (Phi) is 9.33. The van der Waals surface area contributed by atoms with Crippen LogP contribution in [0.4, 0.5) is 0 Å². The largest absolute Gasteiger partial charge is 0.493 e. The van der Waals surface area contributed by atoms with Crippen molar-refractivity contribution in [1.82, 2.24) is 0 Å². The van der Waals surface area contributed by atoms with E-state index >= 15 is 0 Å². The summed E-state index contributed by atoms with van der Waals surface area (Å²) in [4.78, 5) is 16.3. The van der Waals surface area contributed by atoms with E-state index in [2.05, 4.69) is 56.6 Å². The number of hydrogen-bond acceptors (Lipinski definition) is 5. The van der Waals surface area contributed by atoms with Crippen molar-refractivity contribution in [2.75, 3.05) is 20.3 Å². The lowest BCUT2D eigenvalue weighted by molar-refractivity contribution is -0.145. The number of carbonyl (C=O) groups excluding carboxylic acids is 1. The maximum Gasteiger partial charge on any atom is 0.346 e. The van der Waals surface area contributed by atoms with Crippen LogP contribution in [0.25, 0.3) is 0 Å². The quantitative estimate of drug-likeness (QED) is 0.232. The summed E-state index contributed by atoms with van der Waals surface area (Å²) in [5.74, 6) is 0.533. The number of hydrogen-bond donors (Lipinski definition) is 0. The third-order valence-corrected chi connectivity index (χ3v) is 5.58. The molecule has 0 heterocycles. The highest BCUT2D eigenvalue weighted by molar-refractivity contribution is 5.87. The van der Waals surface area contributed by atoms with Gasteiger partial charge in [-0.25, -0.2) is 4.79 Å². The van der Waals surface area contributed by atoms with Gasteiger partial charge in [-0.05, 0) is 76.1 Å². The van der Waals surface area contributed by atoms with E-state index in [0.717, 1.165) is 37.1 Å². The first-order valence-corrected chi connectivity index (χ1v) is 9.74. The molecule has 1 aromatic carbocycles. The number of benzene rings is 1. The second kappa shape index (κ2) is 11.0. The first-order valence-electron chi connectivity index (χ1n) is 9.74. The van der Waals surface area contributed by atoms with Crippen LogP contribution in [-0.2, 0) is 14.4 Å². The van der Waals surface area contributed by atoms with Gasteiger partial charge in [-0.2, -0.15) is 0 Å². The molecule has 0 fully saturated rings. The minimum absolute atomic E-state index is 0.0439. The zero-order valence-electron chi connectivity index (χ0n) is 18.0. The van der Waals surface area contributed by atoms with Crippen LogP contribution < -0.4 is 4.74 Å². The average Bonchev–Trinajstić information content (AvgIpc) is 2.65. The maximum absolute atomic E-state index is 11.2. The van der Waals surface area contributed by atoms with Crippen LogP contribution in [0.3, 0.4) is 0 Å². The summed E-state index contributed by atoms with van der Waals surface area (Å²) in [5.41, 5.74) is 4.58. The molecule has 0 aliphatic heterocycles. The van der Waals surface area contributed by atoms with Crippen LogP contribution in [0.1, 0.15) is 63.1 Å². The van der Waals surface area contributed by atoms with Crippen molar-refractivity contribution in [3.05, 3.63) is 28.8 Å². The summed E-state index contributed by atoms with van der Waals surface area (Å²) in [7, 11) is 1.34. The molecule has 1 aromatic rings. The van der Waals surface area contributed by atoms with Gasteiger partial charge in [-0.15, -0.1) is 0 Å². The average molecular weight is 378 g/mol. The molecule has 0 amide bonds. The molecular formula is C22H35NO4. The molecule has 5 nitrogen and oxygen atoms in total. The van der Waals surface area contributed by atoms with Crippen LogP contribution in [0.2, 0.25) is 0 Å². The Morgan fingerprint density at radius 2 is 1.70 bits per heavy atom. The van der Waals surface area contributed by atoms with E-state index in [1.807, 2.05) is 6.92 Å². The molecule has 0 spiro atoms. The predicted octanol–water partition coefficient (Wildman–Crippen LogP) is 5.14. The number of oxime groups is 1. The second-order valence-electron chi connectivity index (χ2n) is 7.17. The Labute approximate surface area is 164 Å². The molecule has 0 aliphatic rings. The monoisotopic (exact) mass is 377 g/mol. The lowest BCUT2D eigenvalue weighted by Gasteiger charge is -2.31. The minimum atomic E-state index is -0.428. The second-order valence-corrected chi connectivity index (χ2v) is 7.17. The molecule has 0 unspecified atom stereocenters. The molecular weight excluding hydrogens is 342 g/mol. The number of carbonyl (C=O) groups is 1. The highest BCUT2D eigenvalue weighted by Crippen LogP contribution is 2.34. The fourth-order valence-electron chi connectivity index (χ4n) is 3.32. The molecule has 0 atom stereocenters. The molecule has 0 bridgehead atoms. The number of nitrogens with zero attached hydrogens (tertiary/aromatic N) is 1.